The van der Waals surface area contributed by atoms with Gasteiger partial charge in [0.15, 0.2) is 0 Å². The Hall–Kier alpha value is -5.02. The first-order valence-electron chi connectivity index (χ1n) is 15.8. The van der Waals surface area contributed by atoms with Gasteiger partial charge in [0.1, 0.15) is 17.3 Å². The summed E-state index contributed by atoms with van der Waals surface area (Å²) in [6.07, 6.45) is 6.05. The minimum atomic E-state index is -1.30. The molecule has 8 rings (SSSR count). The smallest absolute Gasteiger partial charge is 0.241 e. The Morgan fingerprint density at radius 1 is 0.958 bits per heavy atom. The molecule has 6 atom stereocenters. The van der Waals surface area contributed by atoms with Crippen LogP contribution in [-0.2, 0) is 25.6 Å². The van der Waals surface area contributed by atoms with Crippen molar-refractivity contribution in [3.05, 3.63) is 113 Å². The number of phenolic OH excluding ortho intramolecular Hbond substituents is 1. The molecule has 2 saturated heterocycles. The van der Waals surface area contributed by atoms with Gasteiger partial charge in [0.2, 0.25) is 23.6 Å². The minimum Gasteiger partial charge on any atom is -0.508 e. The average molecular weight is 665 g/mol. The van der Waals surface area contributed by atoms with Crippen molar-refractivity contribution in [3.8, 4) is 11.5 Å². The highest BCUT2D eigenvalue weighted by Crippen LogP contribution is 2.63. The number of hydrogen-bond donors (Lipinski definition) is 1. The third-order valence-corrected chi connectivity index (χ3v) is 11.3. The summed E-state index contributed by atoms with van der Waals surface area (Å²) in [7, 11) is 0. The molecule has 8 nitrogen and oxygen atoms in total. The highest BCUT2D eigenvalue weighted by molar-refractivity contribution is 6.31. The maximum absolute atomic E-state index is 14.6. The van der Waals surface area contributed by atoms with E-state index in [1.54, 1.807) is 55.7 Å². The number of ether oxygens (including phenoxy) is 1. The third kappa shape index (κ3) is 4.19. The number of nitrogens with zero attached hydrogens (tertiary/aromatic N) is 2. The molecule has 5 aliphatic rings. The molecule has 3 heterocycles. The van der Waals surface area contributed by atoms with Crippen molar-refractivity contribution in [2.45, 2.75) is 26.2 Å². The summed E-state index contributed by atoms with van der Waals surface area (Å²) in [5.41, 5.74) is 2.42. The lowest BCUT2D eigenvalue weighted by Crippen LogP contribution is -2.51. The summed E-state index contributed by atoms with van der Waals surface area (Å²) >= 11 is 6.10. The highest BCUT2D eigenvalue weighted by atomic mass is 35.5. The molecule has 1 N–H and O–H groups in total. The van der Waals surface area contributed by atoms with Crippen molar-refractivity contribution in [2.24, 2.45) is 35.0 Å². The summed E-state index contributed by atoms with van der Waals surface area (Å²) in [6, 6.07) is 15.6. The number of hydrogen-bond acceptors (Lipinski definition) is 6. The fraction of sp³-hybridized carbons (Fsp3) is 0.263. The van der Waals surface area contributed by atoms with Gasteiger partial charge in [0, 0.05) is 17.9 Å². The van der Waals surface area contributed by atoms with E-state index in [9.17, 15) is 28.7 Å². The summed E-state index contributed by atoms with van der Waals surface area (Å²) in [5, 5.41) is 10.0. The van der Waals surface area contributed by atoms with E-state index in [1.165, 1.54) is 23.1 Å². The van der Waals surface area contributed by atoms with Crippen molar-refractivity contribution >= 4 is 52.7 Å². The van der Waals surface area contributed by atoms with E-state index in [-0.39, 0.29) is 34.7 Å². The zero-order chi connectivity index (χ0) is 33.6. The Kier molecular flexibility index (Phi) is 6.79. The molecule has 1 saturated carbocycles. The molecule has 10 heteroatoms. The van der Waals surface area contributed by atoms with Crippen LogP contribution in [0.3, 0.4) is 0 Å². The first-order valence-corrected chi connectivity index (χ1v) is 16.2. The molecule has 0 bridgehead atoms. The second-order valence-corrected chi connectivity index (χ2v) is 13.8. The van der Waals surface area contributed by atoms with Crippen molar-refractivity contribution in [3.63, 3.8) is 0 Å². The first kappa shape index (κ1) is 30.3. The second-order valence-electron chi connectivity index (χ2n) is 13.3. The number of allylic oxidation sites excluding steroid dienone is 3. The number of imide groups is 2. The number of halogens is 2. The largest absolute Gasteiger partial charge is 0.508 e. The number of rotatable bonds is 4. The maximum Gasteiger partial charge on any atom is 0.241 e. The molecule has 48 heavy (non-hydrogen) atoms. The van der Waals surface area contributed by atoms with Crippen molar-refractivity contribution in [1.82, 2.24) is 0 Å². The topological polar surface area (TPSA) is 104 Å². The molecule has 3 aromatic rings. The Morgan fingerprint density at radius 3 is 2.44 bits per heavy atom. The van der Waals surface area contributed by atoms with Gasteiger partial charge in [-0.15, -0.1) is 0 Å². The van der Waals surface area contributed by atoms with Crippen LogP contribution in [0, 0.1) is 40.8 Å². The molecule has 0 spiro atoms. The van der Waals surface area contributed by atoms with Gasteiger partial charge in [-0.25, -0.2) is 9.29 Å². The molecule has 4 amide bonds. The monoisotopic (exact) mass is 664 g/mol. The molecular weight excluding hydrogens is 635 g/mol. The molecular formula is C38H30ClFN2O6. The Bertz CT molecular complexity index is 2040. The average Bonchev–Trinajstić information content (AvgIpc) is 3.45. The van der Waals surface area contributed by atoms with Gasteiger partial charge >= 0.3 is 0 Å². The van der Waals surface area contributed by atoms with Crippen molar-refractivity contribution < 1.29 is 33.4 Å². The van der Waals surface area contributed by atoms with Crippen molar-refractivity contribution in [1.29, 1.82) is 0 Å². The Morgan fingerprint density at radius 2 is 1.71 bits per heavy atom. The van der Waals surface area contributed by atoms with Crippen LogP contribution in [0.4, 0.5) is 15.8 Å². The van der Waals surface area contributed by atoms with E-state index in [1.807, 2.05) is 6.08 Å². The zero-order valence-electron chi connectivity index (χ0n) is 25.9. The van der Waals surface area contributed by atoms with E-state index in [2.05, 4.69) is 6.58 Å². The number of fused-ring (bicyclic) bond motifs is 5. The number of carbonyl (C=O) groups is 4. The highest BCUT2D eigenvalue weighted by Gasteiger charge is 2.68. The second kappa shape index (κ2) is 10.8. The van der Waals surface area contributed by atoms with Gasteiger partial charge in [-0.3, -0.25) is 24.1 Å². The zero-order valence-corrected chi connectivity index (χ0v) is 26.6. The quantitative estimate of drug-likeness (QED) is 0.249. The fourth-order valence-corrected chi connectivity index (χ4v) is 8.90. The number of phenols is 1. The molecule has 2 aliphatic carbocycles. The standard InChI is InChI=1S/C38H30ClFN2O6/c1-3-19-4-6-22(7-5-19)41-34(44)26-11-10-25-27(32(26)36(41)46)17-28-35(45)42(23-8-12-30(40)29(39)16-23)37(47)38(28,2)33(25)21-14-20-15-24(43)9-13-31(20)48-18-21/h3-10,12-13,15-16,18,26-28,32-33,43H,1,11,14,17H2,2H3. The fourth-order valence-electron chi connectivity index (χ4n) is 8.73. The van der Waals surface area contributed by atoms with E-state index in [0.29, 0.717) is 35.4 Å². The minimum absolute atomic E-state index is 0.0618. The molecule has 3 aliphatic heterocycles. The number of carbonyl (C=O) groups excluding carboxylic acids is 4. The lowest BCUT2D eigenvalue weighted by atomic mass is 9.51. The van der Waals surface area contributed by atoms with Gasteiger partial charge < -0.3 is 9.84 Å². The normalized spacial score (nSPS) is 29.0. The lowest BCUT2D eigenvalue weighted by Gasteiger charge is -2.49. The molecule has 0 radical (unpaired) electrons. The van der Waals surface area contributed by atoms with Crippen LogP contribution in [0.5, 0.6) is 11.5 Å². The van der Waals surface area contributed by atoms with Crippen LogP contribution < -0.4 is 14.5 Å². The predicted octanol–water partition coefficient (Wildman–Crippen LogP) is 6.61. The van der Waals surface area contributed by atoms with E-state index >= 15 is 0 Å². The van der Waals surface area contributed by atoms with Gasteiger partial charge in [0.05, 0.1) is 45.8 Å². The number of benzene rings is 3. The van der Waals surface area contributed by atoms with Crippen molar-refractivity contribution in [2.75, 3.05) is 9.80 Å². The van der Waals surface area contributed by atoms with Gasteiger partial charge in [0.25, 0.3) is 0 Å². The van der Waals surface area contributed by atoms with Crippen LogP contribution >= 0.6 is 11.6 Å². The van der Waals surface area contributed by atoms with Crippen LogP contribution in [0.15, 0.2) is 90.7 Å². The van der Waals surface area contributed by atoms with Crippen LogP contribution in [0.2, 0.25) is 5.02 Å². The molecule has 3 aromatic carbocycles. The lowest BCUT2D eigenvalue weighted by molar-refractivity contribution is -0.132. The van der Waals surface area contributed by atoms with Gasteiger partial charge in [-0.2, -0.15) is 0 Å². The van der Waals surface area contributed by atoms with Crippen LogP contribution in [0.1, 0.15) is 30.9 Å². The van der Waals surface area contributed by atoms with Crippen LogP contribution in [0.25, 0.3) is 6.08 Å². The molecule has 242 valence electrons. The number of anilines is 2. The predicted molar refractivity (Wildman–Crippen MR) is 176 cm³/mol. The third-order valence-electron chi connectivity index (χ3n) is 11.0. The summed E-state index contributed by atoms with van der Waals surface area (Å²) in [5.74, 6) is -5.02. The van der Waals surface area contributed by atoms with Gasteiger partial charge in [-0.1, -0.05) is 48.0 Å². The molecule has 0 aromatic heterocycles. The summed E-state index contributed by atoms with van der Waals surface area (Å²) < 4.78 is 20.2. The van der Waals surface area contributed by atoms with E-state index in [4.69, 9.17) is 16.3 Å². The number of amides is 4. The summed E-state index contributed by atoms with van der Waals surface area (Å²) in [4.78, 5) is 59.5. The maximum atomic E-state index is 14.6. The van der Waals surface area contributed by atoms with E-state index in [0.717, 1.165) is 22.1 Å². The first-order chi connectivity index (χ1) is 23.0. The van der Waals surface area contributed by atoms with E-state index < -0.39 is 52.6 Å². The summed E-state index contributed by atoms with van der Waals surface area (Å²) in [6.45, 7) is 5.54. The Balaban J connectivity index is 1.24. The Labute approximate surface area is 280 Å². The van der Waals surface area contributed by atoms with Gasteiger partial charge in [-0.05, 0) is 85.4 Å². The van der Waals surface area contributed by atoms with Crippen LogP contribution in [-0.4, -0.2) is 28.7 Å². The molecule has 3 fully saturated rings. The molecule has 6 unspecified atom stereocenters. The number of aromatic hydroxyl groups is 1. The SMILES string of the molecule is C=Cc1ccc(N2C(=O)C3CC=C4C(CC5C(=O)N(c6ccc(F)c(Cl)c6)C(=O)C5(C)C4C4=COc5ccc(O)cc5C4)C3C2=O)cc1.